The highest BCUT2D eigenvalue weighted by Gasteiger charge is 2.19. The fourth-order valence-electron chi connectivity index (χ4n) is 2.88. The van der Waals surface area contributed by atoms with Crippen LogP contribution in [0.4, 0.5) is 0 Å². The number of likely N-dealkylation sites (tertiary alicyclic amines) is 1. The fraction of sp³-hybridized carbons (Fsp3) is 0.733. The molecule has 0 aromatic heterocycles. The van der Waals surface area contributed by atoms with Crippen molar-refractivity contribution in [3.05, 3.63) is 23.9 Å². The molecule has 1 saturated heterocycles. The lowest BCUT2D eigenvalue weighted by Crippen LogP contribution is -2.31. The average molecular weight is 234 g/mol. The van der Waals surface area contributed by atoms with Gasteiger partial charge in [0.15, 0.2) is 0 Å². The summed E-state index contributed by atoms with van der Waals surface area (Å²) in [7, 11) is 2.24. The summed E-state index contributed by atoms with van der Waals surface area (Å²) in [4.78, 5) is 4.83. The fourth-order valence-corrected chi connectivity index (χ4v) is 2.88. The molecule has 0 unspecified atom stereocenters. The minimum absolute atomic E-state index is 0.939. The molecule has 0 spiro atoms. The molecule has 1 fully saturated rings. The molecule has 0 N–H and O–H groups in total. The van der Waals surface area contributed by atoms with Gasteiger partial charge in [-0.15, -0.1) is 0 Å². The first-order chi connectivity index (χ1) is 8.15. The van der Waals surface area contributed by atoms with Crippen LogP contribution in [0, 0.1) is 5.92 Å². The molecule has 2 aliphatic rings. The van der Waals surface area contributed by atoms with Crippen LogP contribution in [0.3, 0.4) is 0 Å². The summed E-state index contributed by atoms with van der Waals surface area (Å²) in [6.07, 6.45) is 7.81. The number of hydrogen-bond acceptors (Lipinski definition) is 2. The first-order valence-corrected chi connectivity index (χ1v) is 6.92. The van der Waals surface area contributed by atoms with E-state index in [0.717, 1.165) is 12.5 Å². The monoisotopic (exact) mass is 234 g/mol. The zero-order valence-electron chi connectivity index (χ0n) is 11.4. The van der Waals surface area contributed by atoms with E-state index in [4.69, 9.17) is 0 Å². The molecule has 2 aliphatic heterocycles. The van der Waals surface area contributed by atoms with Crippen molar-refractivity contribution in [1.29, 1.82) is 0 Å². The predicted molar refractivity (Wildman–Crippen MR) is 73.9 cm³/mol. The van der Waals surface area contributed by atoms with Crippen LogP contribution < -0.4 is 0 Å². The Labute approximate surface area is 106 Å². The Morgan fingerprint density at radius 3 is 2.59 bits per heavy atom. The van der Waals surface area contributed by atoms with Crippen molar-refractivity contribution in [2.45, 2.75) is 32.6 Å². The molecule has 0 aliphatic carbocycles. The third-order valence-corrected chi connectivity index (χ3v) is 4.23. The van der Waals surface area contributed by atoms with Gasteiger partial charge in [0.05, 0.1) is 0 Å². The van der Waals surface area contributed by atoms with Crippen LogP contribution in [0.25, 0.3) is 0 Å². The molecule has 0 amide bonds. The third kappa shape index (κ3) is 3.60. The van der Waals surface area contributed by atoms with Crippen molar-refractivity contribution in [3.63, 3.8) is 0 Å². The molecule has 0 aromatic rings. The van der Waals surface area contributed by atoms with Gasteiger partial charge >= 0.3 is 0 Å². The first kappa shape index (κ1) is 12.7. The molecule has 2 rings (SSSR count). The molecule has 17 heavy (non-hydrogen) atoms. The number of rotatable bonds is 3. The number of hydrogen-bond donors (Lipinski definition) is 0. The molecule has 0 aromatic carbocycles. The first-order valence-electron chi connectivity index (χ1n) is 6.92. The van der Waals surface area contributed by atoms with E-state index in [1.165, 1.54) is 51.0 Å². The van der Waals surface area contributed by atoms with Crippen LogP contribution in [0.1, 0.15) is 32.6 Å². The maximum absolute atomic E-state index is 4.02. The van der Waals surface area contributed by atoms with E-state index < -0.39 is 0 Å². The quantitative estimate of drug-likeness (QED) is 0.693. The van der Waals surface area contributed by atoms with E-state index in [1.807, 2.05) is 0 Å². The lowest BCUT2D eigenvalue weighted by Gasteiger charge is -2.32. The topological polar surface area (TPSA) is 6.48 Å². The molecule has 0 atom stereocenters. The lowest BCUT2D eigenvalue weighted by molar-refractivity contribution is 0.216. The lowest BCUT2D eigenvalue weighted by atomic mass is 9.88. The van der Waals surface area contributed by atoms with E-state index in [1.54, 1.807) is 5.57 Å². The van der Waals surface area contributed by atoms with Crippen molar-refractivity contribution >= 4 is 0 Å². The van der Waals surface area contributed by atoms with Gasteiger partial charge in [-0.05, 0) is 58.7 Å². The summed E-state index contributed by atoms with van der Waals surface area (Å²) >= 11 is 0. The van der Waals surface area contributed by atoms with Crippen molar-refractivity contribution < 1.29 is 0 Å². The summed E-state index contributed by atoms with van der Waals surface area (Å²) in [6.45, 7) is 11.0. The SMILES string of the molecule is C=C(C)N1CC=C(CC2CCN(C)CC2)CC1. The largest absolute Gasteiger partial charge is 0.371 e. The molecular formula is C15H26N2. The minimum Gasteiger partial charge on any atom is -0.371 e. The Morgan fingerprint density at radius 2 is 2.06 bits per heavy atom. The standard InChI is InChI=1S/C15H26N2/c1-13(2)17-10-6-15(7-11-17)12-14-4-8-16(3)9-5-14/h6,14H,1,4-5,7-12H2,2-3H3. The van der Waals surface area contributed by atoms with Crippen molar-refractivity contribution in [2.75, 3.05) is 33.2 Å². The highest BCUT2D eigenvalue weighted by atomic mass is 15.1. The maximum Gasteiger partial charge on any atom is 0.0359 e. The summed E-state index contributed by atoms with van der Waals surface area (Å²) in [6, 6.07) is 0. The molecular weight excluding hydrogens is 208 g/mol. The third-order valence-electron chi connectivity index (χ3n) is 4.23. The zero-order chi connectivity index (χ0) is 12.3. The molecule has 2 nitrogen and oxygen atoms in total. The normalized spacial score (nSPS) is 23.6. The highest BCUT2D eigenvalue weighted by molar-refractivity contribution is 5.11. The van der Waals surface area contributed by atoms with Gasteiger partial charge in [-0.2, -0.15) is 0 Å². The second kappa shape index (κ2) is 5.72. The highest BCUT2D eigenvalue weighted by Crippen LogP contribution is 2.27. The van der Waals surface area contributed by atoms with Gasteiger partial charge in [0.25, 0.3) is 0 Å². The van der Waals surface area contributed by atoms with Crippen LogP contribution in [-0.2, 0) is 0 Å². The van der Waals surface area contributed by atoms with E-state index in [0.29, 0.717) is 0 Å². The van der Waals surface area contributed by atoms with E-state index >= 15 is 0 Å². The Bertz CT molecular complexity index is 298. The summed E-state index contributed by atoms with van der Waals surface area (Å²) < 4.78 is 0. The van der Waals surface area contributed by atoms with Crippen molar-refractivity contribution in [2.24, 2.45) is 5.92 Å². The zero-order valence-corrected chi connectivity index (χ0v) is 11.4. The molecule has 2 heteroatoms. The molecule has 2 heterocycles. The van der Waals surface area contributed by atoms with Crippen molar-refractivity contribution in [3.8, 4) is 0 Å². The van der Waals surface area contributed by atoms with Gasteiger partial charge in [0.1, 0.15) is 0 Å². The van der Waals surface area contributed by atoms with Gasteiger partial charge in [-0.3, -0.25) is 0 Å². The van der Waals surface area contributed by atoms with E-state index in [-0.39, 0.29) is 0 Å². The summed E-state index contributed by atoms with van der Waals surface area (Å²) in [5.74, 6) is 0.939. The Balaban J connectivity index is 1.79. The van der Waals surface area contributed by atoms with Gasteiger partial charge in [0.2, 0.25) is 0 Å². The molecule has 96 valence electrons. The van der Waals surface area contributed by atoms with Crippen LogP contribution >= 0.6 is 0 Å². The van der Waals surface area contributed by atoms with Gasteiger partial charge in [-0.1, -0.05) is 18.2 Å². The van der Waals surface area contributed by atoms with Crippen molar-refractivity contribution in [1.82, 2.24) is 9.80 Å². The Kier molecular flexibility index (Phi) is 4.27. The predicted octanol–water partition coefficient (Wildman–Crippen LogP) is 2.88. The second-order valence-corrected chi connectivity index (χ2v) is 5.74. The summed E-state index contributed by atoms with van der Waals surface area (Å²) in [5, 5.41) is 0. The van der Waals surface area contributed by atoms with Crippen LogP contribution in [0.2, 0.25) is 0 Å². The molecule has 0 saturated carbocycles. The van der Waals surface area contributed by atoms with E-state index in [2.05, 4.69) is 36.4 Å². The Morgan fingerprint density at radius 1 is 1.35 bits per heavy atom. The van der Waals surface area contributed by atoms with Gasteiger partial charge in [0, 0.05) is 18.8 Å². The van der Waals surface area contributed by atoms with Crippen LogP contribution in [-0.4, -0.2) is 43.0 Å². The van der Waals surface area contributed by atoms with Crippen LogP contribution in [0.5, 0.6) is 0 Å². The van der Waals surface area contributed by atoms with Gasteiger partial charge in [-0.25, -0.2) is 0 Å². The number of nitrogens with zero attached hydrogens (tertiary/aromatic N) is 2. The smallest absolute Gasteiger partial charge is 0.0359 e. The summed E-state index contributed by atoms with van der Waals surface area (Å²) in [5.41, 5.74) is 2.90. The maximum atomic E-state index is 4.02. The van der Waals surface area contributed by atoms with Crippen LogP contribution in [0.15, 0.2) is 23.9 Å². The van der Waals surface area contributed by atoms with Gasteiger partial charge < -0.3 is 9.80 Å². The molecule has 0 bridgehead atoms. The second-order valence-electron chi connectivity index (χ2n) is 5.74. The Hall–Kier alpha value is -0.760. The number of allylic oxidation sites excluding steroid dienone is 1. The van der Waals surface area contributed by atoms with E-state index in [9.17, 15) is 0 Å². The minimum atomic E-state index is 0.939. The number of piperidine rings is 1. The molecule has 0 radical (unpaired) electrons. The average Bonchev–Trinajstić information content (AvgIpc) is 2.33.